The Labute approximate surface area is 154 Å². The summed E-state index contributed by atoms with van der Waals surface area (Å²) in [5.41, 5.74) is 2.23. The van der Waals surface area contributed by atoms with Crippen LogP contribution in [0.5, 0.6) is 0 Å². The summed E-state index contributed by atoms with van der Waals surface area (Å²) in [6.07, 6.45) is 0. The van der Waals surface area contributed by atoms with Gasteiger partial charge < -0.3 is 0 Å². The van der Waals surface area contributed by atoms with Gasteiger partial charge in [0, 0.05) is 11.5 Å². The van der Waals surface area contributed by atoms with E-state index in [0.717, 1.165) is 31.3 Å². The van der Waals surface area contributed by atoms with Crippen molar-refractivity contribution in [2.75, 3.05) is 11.5 Å². The Kier molecular flexibility index (Phi) is 4.61. The molecule has 2 aromatic heterocycles. The smallest absolute Gasteiger partial charge is 0.201 e. The van der Waals surface area contributed by atoms with Gasteiger partial charge in [0.2, 0.25) is 9.60 Å². The van der Waals surface area contributed by atoms with Crippen LogP contribution in [0, 0.1) is 10.8 Å². The van der Waals surface area contributed by atoms with E-state index in [1.807, 2.05) is 12.1 Å². The average Bonchev–Trinajstić information content (AvgIpc) is 3.08. The number of fused-ring (bicyclic) bond motifs is 5. The van der Waals surface area contributed by atoms with Gasteiger partial charge in [-0.15, -0.1) is 0 Å². The molecule has 4 bridgehead atoms. The fraction of sp³-hybridized carbons (Fsp3) is 0.286. The minimum absolute atomic E-state index is 0.471. The number of thioether (sulfide) groups is 2. The molecule has 10 heteroatoms. The highest BCUT2D eigenvalue weighted by Crippen LogP contribution is 2.24. The molecule has 0 radical (unpaired) electrons. The molecule has 0 atom stereocenters. The highest BCUT2D eigenvalue weighted by Gasteiger charge is 2.12. The van der Waals surface area contributed by atoms with Crippen molar-refractivity contribution < 1.29 is 0 Å². The lowest BCUT2D eigenvalue weighted by Gasteiger charge is -2.09. The first kappa shape index (κ1) is 16.1. The summed E-state index contributed by atoms with van der Waals surface area (Å²) in [7, 11) is 0. The predicted molar refractivity (Wildman–Crippen MR) is 98.0 cm³/mol. The third-order valence-electron chi connectivity index (χ3n) is 3.53. The summed E-state index contributed by atoms with van der Waals surface area (Å²) in [5.74, 6) is 1.84. The molecule has 1 aliphatic rings. The fourth-order valence-corrected chi connectivity index (χ4v) is 6.18. The van der Waals surface area contributed by atoms with Crippen LogP contribution in [0.4, 0.5) is 0 Å². The van der Waals surface area contributed by atoms with E-state index in [0.29, 0.717) is 22.7 Å². The zero-order chi connectivity index (χ0) is 16.5. The van der Waals surface area contributed by atoms with Gasteiger partial charge in [0.1, 0.15) is 0 Å². The Morgan fingerprint density at radius 3 is 1.71 bits per heavy atom. The summed E-state index contributed by atoms with van der Waals surface area (Å²) in [5, 5.41) is 25.5. The Balaban J connectivity index is 1.78. The summed E-state index contributed by atoms with van der Waals surface area (Å²) < 4.78 is 5.38. The average molecular weight is 395 g/mol. The van der Waals surface area contributed by atoms with Crippen molar-refractivity contribution in [3.63, 3.8) is 0 Å². The molecular formula is C14H14N6S4. The van der Waals surface area contributed by atoms with Crippen molar-refractivity contribution in [2.45, 2.75) is 21.8 Å². The number of hydrogen-bond acceptors (Lipinski definition) is 8. The van der Waals surface area contributed by atoms with Crippen LogP contribution < -0.4 is 9.60 Å². The molecule has 124 valence electrons. The van der Waals surface area contributed by atoms with E-state index in [2.05, 4.69) is 22.3 Å². The van der Waals surface area contributed by atoms with Crippen molar-refractivity contribution in [3.8, 4) is 0 Å². The summed E-state index contributed by atoms with van der Waals surface area (Å²) >= 11 is 6.22. The van der Waals surface area contributed by atoms with Gasteiger partial charge in [0.05, 0.1) is 13.1 Å². The second kappa shape index (κ2) is 6.87. The van der Waals surface area contributed by atoms with Gasteiger partial charge in [-0.25, -0.2) is 9.36 Å². The summed E-state index contributed by atoms with van der Waals surface area (Å²) in [6, 6.07) is 8.13. The first-order valence-corrected chi connectivity index (χ1v) is 10.9. The number of hydrogen-bond donors (Lipinski definition) is 2. The molecule has 2 N–H and O–H groups in total. The molecule has 24 heavy (non-hydrogen) atoms. The van der Waals surface area contributed by atoms with Crippen LogP contribution in [0.25, 0.3) is 0 Å². The molecule has 3 heterocycles. The highest BCUT2D eigenvalue weighted by atomic mass is 32.2. The number of rotatable bonds is 0. The largest absolute Gasteiger partial charge is 0.274 e. The Hall–Kier alpha value is -1.36. The van der Waals surface area contributed by atoms with Crippen LogP contribution in [0.2, 0.25) is 0 Å². The molecule has 0 saturated heterocycles. The molecule has 0 saturated carbocycles. The van der Waals surface area contributed by atoms with Crippen LogP contribution in [0.15, 0.2) is 32.9 Å². The zero-order valence-electron chi connectivity index (χ0n) is 12.6. The monoisotopic (exact) mass is 394 g/mol. The summed E-state index contributed by atoms with van der Waals surface area (Å²) in [6.45, 7) is 1.15. The van der Waals surface area contributed by atoms with Gasteiger partial charge >= 0.3 is 0 Å². The van der Waals surface area contributed by atoms with E-state index in [9.17, 15) is 0 Å². The molecule has 4 rings (SSSR count). The molecule has 0 amide bonds. The predicted octanol–water partition coefficient (Wildman–Crippen LogP) is 2.46. The maximum absolute atomic E-state index is 8.15. The summed E-state index contributed by atoms with van der Waals surface area (Å²) in [4.78, 5) is 0.943. The van der Waals surface area contributed by atoms with Crippen molar-refractivity contribution >= 4 is 46.2 Å². The van der Waals surface area contributed by atoms with Gasteiger partial charge in [0.25, 0.3) is 0 Å². The standard InChI is InChI=1S/C14H14N6S4/c15-11-19-7-9-3-1-2-4-10(9)8-20-12(16)24-14(18-20)22-6-5-21-13(17-19)23-11/h1-4,15-16H,5-8H2. The van der Waals surface area contributed by atoms with Crippen LogP contribution in [0.1, 0.15) is 11.1 Å². The second-order valence-electron chi connectivity index (χ2n) is 5.13. The lowest BCUT2D eigenvalue weighted by Crippen LogP contribution is -2.20. The van der Waals surface area contributed by atoms with Crippen LogP contribution in [-0.4, -0.2) is 31.1 Å². The van der Waals surface area contributed by atoms with Gasteiger partial charge in [-0.2, -0.15) is 10.2 Å². The fourth-order valence-electron chi connectivity index (χ4n) is 2.38. The minimum atomic E-state index is 0.471. The molecule has 0 spiro atoms. The molecule has 1 aromatic carbocycles. The van der Waals surface area contributed by atoms with Gasteiger partial charge in [-0.05, 0) is 11.1 Å². The topological polar surface area (TPSA) is 83.3 Å². The number of aromatic nitrogens is 4. The first-order chi connectivity index (χ1) is 11.7. The number of nitrogens with zero attached hydrogens (tertiary/aromatic N) is 4. The van der Waals surface area contributed by atoms with Gasteiger partial charge in [0.15, 0.2) is 8.68 Å². The zero-order valence-corrected chi connectivity index (χ0v) is 15.8. The van der Waals surface area contributed by atoms with E-state index in [-0.39, 0.29) is 0 Å². The van der Waals surface area contributed by atoms with Crippen molar-refractivity contribution in [1.82, 2.24) is 19.6 Å². The van der Waals surface area contributed by atoms with E-state index in [1.165, 1.54) is 22.7 Å². The Bertz CT molecular complexity index is 902. The highest BCUT2D eigenvalue weighted by molar-refractivity contribution is 8.04. The first-order valence-electron chi connectivity index (χ1n) is 7.26. The van der Waals surface area contributed by atoms with Gasteiger partial charge in [-0.3, -0.25) is 10.8 Å². The number of nitrogens with one attached hydrogen (secondary N) is 2. The number of benzene rings is 1. The third kappa shape index (κ3) is 3.37. The molecule has 0 aliphatic carbocycles. The van der Waals surface area contributed by atoms with Crippen molar-refractivity contribution in [2.24, 2.45) is 0 Å². The lowest BCUT2D eigenvalue weighted by molar-refractivity contribution is 0.602. The molecular weight excluding hydrogens is 380 g/mol. The molecule has 6 nitrogen and oxygen atoms in total. The quantitative estimate of drug-likeness (QED) is 0.613. The van der Waals surface area contributed by atoms with Crippen molar-refractivity contribution in [1.29, 1.82) is 10.8 Å². The molecule has 1 aliphatic heterocycles. The van der Waals surface area contributed by atoms with E-state index in [1.54, 1.807) is 32.9 Å². The van der Waals surface area contributed by atoms with E-state index < -0.39 is 0 Å². The van der Waals surface area contributed by atoms with Crippen LogP contribution in [0.3, 0.4) is 0 Å². The second-order valence-corrected chi connectivity index (χ2v) is 9.77. The SMILES string of the molecule is N=c1sc2nn1Cc1ccccc1Cn1nc(sc1=N)SCCS2. The maximum Gasteiger partial charge on any atom is 0.201 e. The van der Waals surface area contributed by atoms with Gasteiger partial charge in [-0.1, -0.05) is 70.5 Å². The minimum Gasteiger partial charge on any atom is -0.274 e. The van der Waals surface area contributed by atoms with E-state index >= 15 is 0 Å². The Morgan fingerprint density at radius 1 is 0.792 bits per heavy atom. The van der Waals surface area contributed by atoms with Crippen molar-refractivity contribution in [3.05, 3.63) is 45.0 Å². The lowest BCUT2D eigenvalue weighted by atomic mass is 10.1. The van der Waals surface area contributed by atoms with Crippen LogP contribution >= 0.6 is 46.2 Å². The molecule has 0 unspecified atom stereocenters. The Morgan fingerprint density at radius 2 is 1.25 bits per heavy atom. The molecule has 3 aromatic rings. The normalized spacial score (nSPS) is 14.8. The van der Waals surface area contributed by atoms with E-state index in [4.69, 9.17) is 10.8 Å². The third-order valence-corrected chi connectivity index (χ3v) is 7.79. The molecule has 0 fully saturated rings. The van der Waals surface area contributed by atoms with Crippen LogP contribution in [-0.2, 0) is 13.1 Å². The maximum atomic E-state index is 8.15.